The lowest BCUT2D eigenvalue weighted by molar-refractivity contribution is -0.140. The molecule has 1 atom stereocenters. The molecule has 100 valence electrons. The number of amides is 1. The molecule has 7 heteroatoms. The molecule has 0 aromatic heterocycles. The van der Waals surface area contributed by atoms with Gasteiger partial charge in [0.1, 0.15) is 6.04 Å². The highest BCUT2D eigenvalue weighted by atomic mass is 35.5. The fourth-order valence-corrected chi connectivity index (χ4v) is 2.56. The largest absolute Gasteiger partial charge is 0.480 e. The second-order valence-corrected chi connectivity index (χ2v) is 5.13. The molecular weight excluding hydrogens is 288 g/mol. The minimum absolute atomic E-state index is 0.153. The Bertz CT molecular complexity index is 542. The van der Waals surface area contributed by atoms with Crippen LogP contribution in [0.3, 0.4) is 0 Å². The Morgan fingerprint density at radius 1 is 1.58 bits per heavy atom. The SMILES string of the molecule is CC(=O)NC(CSc1ccc(C#N)cc1Cl)C(=O)O. The van der Waals surface area contributed by atoms with E-state index in [-0.39, 0.29) is 5.75 Å². The highest BCUT2D eigenvalue weighted by molar-refractivity contribution is 7.99. The van der Waals surface area contributed by atoms with Gasteiger partial charge in [-0.25, -0.2) is 4.79 Å². The molecule has 1 rings (SSSR count). The Hall–Kier alpha value is -1.71. The summed E-state index contributed by atoms with van der Waals surface area (Å²) >= 11 is 7.18. The second kappa shape index (κ2) is 7.02. The third-order valence-electron chi connectivity index (χ3n) is 2.14. The van der Waals surface area contributed by atoms with Crippen LogP contribution in [0.2, 0.25) is 5.02 Å². The van der Waals surface area contributed by atoms with Crippen molar-refractivity contribution in [2.75, 3.05) is 5.75 Å². The lowest BCUT2D eigenvalue weighted by atomic mass is 10.2. The summed E-state index contributed by atoms with van der Waals surface area (Å²) in [7, 11) is 0. The average molecular weight is 299 g/mol. The van der Waals surface area contributed by atoms with Crippen LogP contribution in [-0.2, 0) is 9.59 Å². The maximum Gasteiger partial charge on any atom is 0.327 e. The molecule has 1 aromatic carbocycles. The van der Waals surface area contributed by atoms with E-state index in [1.807, 2.05) is 6.07 Å². The molecule has 0 radical (unpaired) electrons. The zero-order valence-electron chi connectivity index (χ0n) is 10.0. The normalized spacial score (nSPS) is 11.4. The van der Waals surface area contributed by atoms with Gasteiger partial charge in [-0.1, -0.05) is 11.6 Å². The molecule has 2 N–H and O–H groups in total. The number of carbonyl (C=O) groups excluding carboxylic acids is 1. The maximum atomic E-state index is 10.9. The van der Waals surface area contributed by atoms with Crippen LogP contribution >= 0.6 is 23.4 Å². The van der Waals surface area contributed by atoms with Gasteiger partial charge in [-0.05, 0) is 18.2 Å². The third-order valence-corrected chi connectivity index (χ3v) is 3.73. The van der Waals surface area contributed by atoms with Crippen molar-refractivity contribution >= 4 is 35.2 Å². The molecule has 1 unspecified atom stereocenters. The first kappa shape index (κ1) is 15.3. The Morgan fingerprint density at radius 2 is 2.26 bits per heavy atom. The summed E-state index contributed by atoms with van der Waals surface area (Å²) in [6.45, 7) is 1.26. The topological polar surface area (TPSA) is 90.2 Å². The van der Waals surface area contributed by atoms with Gasteiger partial charge in [0.05, 0.1) is 16.7 Å². The monoisotopic (exact) mass is 298 g/mol. The van der Waals surface area contributed by atoms with Crippen LogP contribution in [0.15, 0.2) is 23.1 Å². The van der Waals surface area contributed by atoms with Gasteiger partial charge in [0.15, 0.2) is 0 Å². The molecule has 1 amide bonds. The van der Waals surface area contributed by atoms with Crippen molar-refractivity contribution in [3.63, 3.8) is 0 Å². The molecule has 0 aliphatic heterocycles. The zero-order valence-corrected chi connectivity index (χ0v) is 11.6. The molecule has 1 aromatic rings. The van der Waals surface area contributed by atoms with E-state index in [2.05, 4.69) is 5.32 Å². The van der Waals surface area contributed by atoms with Gasteiger partial charge in [-0.3, -0.25) is 4.79 Å². The summed E-state index contributed by atoms with van der Waals surface area (Å²) in [4.78, 5) is 22.5. The highest BCUT2D eigenvalue weighted by Gasteiger charge is 2.19. The Labute approximate surface area is 119 Å². The summed E-state index contributed by atoms with van der Waals surface area (Å²) < 4.78 is 0. The molecule has 0 heterocycles. The number of carboxylic acids is 1. The molecule has 0 saturated heterocycles. The molecule has 0 saturated carbocycles. The number of nitrogens with zero attached hydrogens (tertiary/aromatic N) is 1. The number of carboxylic acid groups (broad SMARTS) is 1. The van der Waals surface area contributed by atoms with Gasteiger partial charge in [0.2, 0.25) is 5.91 Å². The molecule has 0 bridgehead atoms. The number of halogens is 1. The van der Waals surface area contributed by atoms with Crippen LogP contribution in [-0.4, -0.2) is 28.8 Å². The highest BCUT2D eigenvalue weighted by Crippen LogP contribution is 2.28. The number of hydrogen-bond donors (Lipinski definition) is 2. The average Bonchev–Trinajstić information content (AvgIpc) is 2.34. The van der Waals surface area contributed by atoms with Gasteiger partial charge < -0.3 is 10.4 Å². The molecule has 0 aliphatic rings. The van der Waals surface area contributed by atoms with Crippen LogP contribution in [0.25, 0.3) is 0 Å². The molecule has 0 fully saturated rings. The number of rotatable bonds is 5. The van der Waals surface area contributed by atoms with E-state index in [1.54, 1.807) is 12.1 Å². The smallest absolute Gasteiger partial charge is 0.327 e. The van der Waals surface area contributed by atoms with E-state index in [0.29, 0.717) is 15.5 Å². The first-order valence-corrected chi connectivity index (χ1v) is 6.62. The summed E-state index contributed by atoms with van der Waals surface area (Å²) in [6.07, 6.45) is 0. The van der Waals surface area contributed by atoms with Crippen molar-refractivity contribution in [3.05, 3.63) is 28.8 Å². The minimum atomic E-state index is -1.10. The van der Waals surface area contributed by atoms with Crippen LogP contribution in [0.5, 0.6) is 0 Å². The van der Waals surface area contributed by atoms with Crippen LogP contribution in [0, 0.1) is 11.3 Å². The van der Waals surface area contributed by atoms with Crippen molar-refractivity contribution in [1.82, 2.24) is 5.32 Å². The van der Waals surface area contributed by atoms with Crippen LogP contribution < -0.4 is 5.32 Å². The number of aliphatic carboxylic acids is 1. The van der Waals surface area contributed by atoms with Crippen molar-refractivity contribution in [2.45, 2.75) is 17.9 Å². The second-order valence-electron chi connectivity index (χ2n) is 3.66. The maximum absolute atomic E-state index is 10.9. The summed E-state index contributed by atoms with van der Waals surface area (Å²) in [5.74, 6) is -1.35. The van der Waals surface area contributed by atoms with E-state index < -0.39 is 17.9 Å². The summed E-state index contributed by atoms with van der Waals surface area (Å²) in [5, 5.41) is 20.4. The summed E-state index contributed by atoms with van der Waals surface area (Å²) in [5.41, 5.74) is 0.436. The lowest BCUT2D eigenvalue weighted by Crippen LogP contribution is -2.41. The predicted molar refractivity (Wildman–Crippen MR) is 72.1 cm³/mol. The Kier molecular flexibility index (Phi) is 5.67. The van der Waals surface area contributed by atoms with Gasteiger partial charge in [-0.15, -0.1) is 11.8 Å². The van der Waals surface area contributed by atoms with Gasteiger partial charge in [0, 0.05) is 17.6 Å². The Morgan fingerprint density at radius 3 is 2.74 bits per heavy atom. The number of thioether (sulfide) groups is 1. The van der Waals surface area contributed by atoms with Crippen molar-refractivity contribution < 1.29 is 14.7 Å². The van der Waals surface area contributed by atoms with Crippen molar-refractivity contribution in [3.8, 4) is 6.07 Å². The van der Waals surface area contributed by atoms with Gasteiger partial charge >= 0.3 is 5.97 Å². The predicted octanol–water partition coefficient (Wildman–Crippen LogP) is 1.89. The van der Waals surface area contributed by atoms with E-state index >= 15 is 0 Å². The lowest BCUT2D eigenvalue weighted by Gasteiger charge is -2.13. The van der Waals surface area contributed by atoms with E-state index in [0.717, 1.165) is 0 Å². The third kappa shape index (κ3) is 4.81. The van der Waals surface area contributed by atoms with Gasteiger partial charge in [0.25, 0.3) is 0 Å². The minimum Gasteiger partial charge on any atom is -0.480 e. The molecular formula is C12H11ClN2O3S. The van der Waals surface area contributed by atoms with Crippen molar-refractivity contribution in [2.24, 2.45) is 0 Å². The fraction of sp³-hybridized carbons (Fsp3) is 0.250. The number of nitrogens with one attached hydrogen (secondary N) is 1. The van der Waals surface area contributed by atoms with Crippen molar-refractivity contribution in [1.29, 1.82) is 5.26 Å². The van der Waals surface area contributed by atoms with E-state index in [4.69, 9.17) is 22.0 Å². The number of carbonyl (C=O) groups is 2. The van der Waals surface area contributed by atoms with Crippen LogP contribution in [0.4, 0.5) is 0 Å². The quantitative estimate of drug-likeness (QED) is 0.810. The zero-order chi connectivity index (χ0) is 14.4. The standard InChI is InChI=1S/C12H11ClN2O3S/c1-7(16)15-10(12(17)18)6-19-11-3-2-8(5-14)4-9(11)13/h2-4,10H,6H2,1H3,(H,15,16)(H,17,18). The first-order valence-electron chi connectivity index (χ1n) is 5.26. The number of hydrogen-bond acceptors (Lipinski definition) is 4. The number of nitriles is 1. The van der Waals surface area contributed by atoms with E-state index in [1.165, 1.54) is 24.8 Å². The van der Waals surface area contributed by atoms with E-state index in [9.17, 15) is 9.59 Å². The molecule has 0 spiro atoms. The fourth-order valence-electron chi connectivity index (χ4n) is 1.28. The Balaban J connectivity index is 2.72. The van der Waals surface area contributed by atoms with Crippen LogP contribution in [0.1, 0.15) is 12.5 Å². The molecule has 0 aliphatic carbocycles. The molecule has 5 nitrogen and oxygen atoms in total. The summed E-state index contributed by atoms with van der Waals surface area (Å²) in [6, 6.07) is 5.74. The molecule has 19 heavy (non-hydrogen) atoms. The number of benzene rings is 1. The van der Waals surface area contributed by atoms with Gasteiger partial charge in [-0.2, -0.15) is 5.26 Å². The first-order chi connectivity index (χ1) is 8.93.